The van der Waals surface area contributed by atoms with Crippen LogP contribution in [0.15, 0.2) is 72.9 Å². The van der Waals surface area contributed by atoms with Crippen LogP contribution < -0.4 is 65.6 Å². The summed E-state index contributed by atoms with van der Waals surface area (Å²) in [5.41, 5.74) is 9.19. The molecule has 7 amide bonds. The van der Waals surface area contributed by atoms with E-state index in [1.165, 1.54) is 33.3 Å². The van der Waals surface area contributed by atoms with Gasteiger partial charge in [-0.2, -0.15) is 0 Å². The fourth-order valence-electron chi connectivity index (χ4n) is 10.8. The summed E-state index contributed by atoms with van der Waals surface area (Å²) in [6.45, 7) is 5.20. The Morgan fingerprint density at radius 3 is 2.08 bits per heavy atom. The number of nitrogens with zero attached hydrogens (tertiary/aromatic N) is 3. The van der Waals surface area contributed by atoms with Crippen LogP contribution in [0.5, 0.6) is 34.5 Å². The number of carbonyl (C=O) groups excluding carboxylic acids is 7. The van der Waals surface area contributed by atoms with E-state index in [-0.39, 0.29) is 84.8 Å². The number of ether oxygens (including phenoxy) is 7. The molecule has 1 unspecified atom stereocenters. The van der Waals surface area contributed by atoms with Crippen LogP contribution in [0.3, 0.4) is 0 Å². The number of nitrogens with two attached hydrogens (primary N) is 1. The Labute approximate surface area is 480 Å². The van der Waals surface area contributed by atoms with Crippen molar-refractivity contribution in [2.24, 2.45) is 17.1 Å². The van der Waals surface area contributed by atoms with E-state index in [0.29, 0.717) is 77.9 Å². The van der Waals surface area contributed by atoms with Crippen LogP contribution in [-0.2, 0) is 30.5 Å². The first-order valence-electron chi connectivity index (χ1n) is 27.5. The molecular weight excluding hydrogens is 1070 g/mol. The van der Waals surface area contributed by atoms with Gasteiger partial charge in [0.1, 0.15) is 18.7 Å². The van der Waals surface area contributed by atoms with Gasteiger partial charge in [0.2, 0.25) is 23.6 Å². The Kier molecular flexibility index (Phi) is 17.8. The molecule has 0 bridgehead atoms. The van der Waals surface area contributed by atoms with Gasteiger partial charge in [0.15, 0.2) is 40.7 Å². The minimum absolute atomic E-state index is 0.0704. The van der Waals surface area contributed by atoms with Gasteiger partial charge in [-0.1, -0.05) is 32.0 Å². The molecule has 1 spiro atoms. The fourth-order valence-corrected chi connectivity index (χ4v) is 10.8. The smallest absolute Gasteiger partial charge is 0.416 e. The number of amides is 7. The lowest BCUT2D eigenvalue weighted by Crippen LogP contribution is -2.55. The maximum atomic E-state index is 14.4. The zero-order chi connectivity index (χ0) is 59.3. The molecule has 5 aliphatic rings. The summed E-state index contributed by atoms with van der Waals surface area (Å²) in [6.07, 6.45) is 2.76. The normalized spacial score (nSPS) is 18.8. The maximum Gasteiger partial charge on any atom is 0.416 e. The zero-order valence-electron chi connectivity index (χ0n) is 47.5. The number of methoxy groups -OCH3 is 4. The number of anilines is 3. The molecule has 5 atom stereocenters. The summed E-state index contributed by atoms with van der Waals surface area (Å²) < 4.78 is 40.7. The Hall–Kier alpha value is -8.77. The van der Waals surface area contributed by atoms with Crippen molar-refractivity contribution in [2.75, 3.05) is 83.4 Å². The number of benzene rings is 4. The monoisotopic (exact) mass is 1150 g/mol. The number of nitrogens with one attached hydrogen (secondary N) is 5. The topological polar surface area (TPSA) is 300 Å². The van der Waals surface area contributed by atoms with Gasteiger partial charge in [0.05, 0.1) is 89.3 Å². The maximum absolute atomic E-state index is 14.4. The molecule has 83 heavy (non-hydrogen) atoms. The highest BCUT2D eigenvalue weighted by Gasteiger charge is 2.58. The first kappa shape index (κ1) is 58.9. The van der Waals surface area contributed by atoms with Crippen LogP contribution in [-0.4, -0.2) is 155 Å². The molecule has 4 heterocycles. The van der Waals surface area contributed by atoms with Crippen LogP contribution in [0.4, 0.5) is 21.9 Å². The summed E-state index contributed by atoms with van der Waals surface area (Å²) in [5, 5.41) is 25.8. The number of hydrogen-bond donors (Lipinski definition) is 7. The molecule has 4 aliphatic heterocycles. The molecule has 0 aromatic heterocycles. The molecule has 1 aliphatic carbocycles. The molecule has 1 saturated heterocycles. The molecule has 4 aromatic rings. The summed E-state index contributed by atoms with van der Waals surface area (Å²) in [7, 11) is 6.11. The van der Waals surface area contributed by atoms with Crippen molar-refractivity contribution >= 4 is 64.2 Å². The molecule has 442 valence electrons. The molecule has 8 N–H and O–H groups in total. The van der Waals surface area contributed by atoms with E-state index in [1.54, 1.807) is 74.3 Å². The number of aliphatic hydroxyl groups excluding tert-OH is 1. The number of aliphatic hydroxyl groups is 1. The Morgan fingerprint density at radius 1 is 0.771 bits per heavy atom. The van der Waals surface area contributed by atoms with E-state index in [4.69, 9.17) is 38.9 Å². The molecule has 0 radical (unpaired) electrons. The van der Waals surface area contributed by atoms with Gasteiger partial charge in [-0.3, -0.25) is 28.8 Å². The Bertz CT molecular complexity index is 3180. The summed E-state index contributed by atoms with van der Waals surface area (Å²) in [6, 6.07) is 15.7. The van der Waals surface area contributed by atoms with E-state index in [1.807, 2.05) is 24.4 Å². The fraction of sp³-hybridized carbons (Fsp3) is 0.441. The average Bonchev–Trinajstić information content (AvgIpc) is 3.08. The van der Waals surface area contributed by atoms with Crippen molar-refractivity contribution in [1.29, 1.82) is 0 Å². The van der Waals surface area contributed by atoms with E-state index < -0.39 is 54.1 Å². The summed E-state index contributed by atoms with van der Waals surface area (Å²) in [5.74, 6) is -0.758. The van der Waals surface area contributed by atoms with Gasteiger partial charge < -0.3 is 80.4 Å². The zero-order valence-corrected chi connectivity index (χ0v) is 47.5. The quantitative estimate of drug-likeness (QED) is 0.0537. The molecule has 24 nitrogen and oxygen atoms in total. The predicted octanol–water partition coefficient (Wildman–Crippen LogP) is 4.38. The van der Waals surface area contributed by atoms with Crippen LogP contribution >= 0.6 is 0 Å². The molecule has 2 fully saturated rings. The second-order valence-electron chi connectivity index (χ2n) is 21.5. The Morgan fingerprint density at radius 2 is 1.43 bits per heavy atom. The van der Waals surface area contributed by atoms with Crippen LogP contribution in [0.2, 0.25) is 0 Å². The van der Waals surface area contributed by atoms with E-state index in [9.17, 15) is 38.7 Å². The summed E-state index contributed by atoms with van der Waals surface area (Å²) >= 11 is 0. The number of fused-ring (bicyclic) bond motifs is 4. The third kappa shape index (κ3) is 12.8. The molecule has 1 saturated carbocycles. The average molecular weight is 1150 g/mol. The van der Waals surface area contributed by atoms with Gasteiger partial charge in [-0.05, 0) is 97.0 Å². The van der Waals surface area contributed by atoms with Crippen LogP contribution in [0.1, 0.15) is 84.7 Å². The standard InChI is InChI=1S/C59H71N9O15/c1-32(2)52(65-51(70)28-62-50(69)26-60)54(72)63-33(3)53(71)64-37-12-9-34(10-13-37)30-83-58(76)68-42-24-49(47(80-7)22-40(42)56(74)67-31-59(15-16-59)25-43(67)57(68)75)82-18-8-17-81-48-23-41-39(21-46(48)79-6)55(73)66-29-36(19-38(66)27-61-41)35-11-14-44(77-4)45(20-35)78-5/h9-14,20-24,29,32-33,38,43,52,57,61,75H,8,15-19,25-28,30-31,60H2,1-7H3,(H,62,69)(H,63,72)(H,64,71)(H,65,70)/t33-,38-,43-,52-,57?/m0/s1. The minimum atomic E-state index is -1.48. The van der Waals surface area contributed by atoms with E-state index in [0.717, 1.165) is 28.9 Å². The van der Waals surface area contributed by atoms with Crippen molar-refractivity contribution < 1.29 is 71.8 Å². The van der Waals surface area contributed by atoms with E-state index in [2.05, 4.69) is 26.6 Å². The SMILES string of the molecule is COc1ccc(C2=CN3C(=O)c4cc(OC)c(OCCCOc5cc6c(cc5OC)C(=O)N5CC7(CC7)C[C@H]5C(O)N6C(=O)OCc5ccc(NC(=O)[C@H](C)NC(=O)[C@@H](NC(=O)CNC(=O)CN)C(C)C)cc5)cc4NC[C@@H]3C2)cc1OC. The van der Waals surface area contributed by atoms with E-state index >= 15 is 0 Å². The second-order valence-corrected chi connectivity index (χ2v) is 21.5. The Balaban J connectivity index is 0.830. The highest BCUT2D eigenvalue weighted by atomic mass is 16.6. The molecule has 4 aromatic carbocycles. The van der Waals surface area contributed by atoms with Gasteiger partial charge >= 0.3 is 6.09 Å². The lowest BCUT2D eigenvalue weighted by molar-refractivity contribution is -0.132. The van der Waals surface area contributed by atoms with Gasteiger partial charge in [0.25, 0.3) is 11.8 Å². The largest absolute Gasteiger partial charge is 0.493 e. The molecule has 24 heteroatoms. The predicted molar refractivity (Wildman–Crippen MR) is 303 cm³/mol. The number of rotatable bonds is 22. The second kappa shape index (κ2) is 25.2. The lowest BCUT2D eigenvalue weighted by Gasteiger charge is -2.31. The highest BCUT2D eigenvalue weighted by molar-refractivity contribution is 6.06. The minimum Gasteiger partial charge on any atom is -0.493 e. The third-order valence-electron chi connectivity index (χ3n) is 15.6. The van der Waals surface area contributed by atoms with Crippen molar-refractivity contribution in [3.8, 4) is 34.5 Å². The van der Waals surface area contributed by atoms with Crippen LogP contribution in [0, 0.1) is 11.3 Å². The number of hydrogen-bond acceptors (Lipinski definition) is 17. The summed E-state index contributed by atoms with van der Waals surface area (Å²) in [4.78, 5) is 97.5. The van der Waals surface area contributed by atoms with Crippen LogP contribution in [0.25, 0.3) is 5.57 Å². The third-order valence-corrected chi connectivity index (χ3v) is 15.6. The first-order valence-corrected chi connectivity index (χ1v) is 27.5. The number of carbonyl (C=O) groups is 7. The first-order chi connectivity index (χ1) is 39.9. The van der Waals surface area contributed by atoms with Gasteiger partial charge in [-0.15, -0.1) is 0 Å². The van der Waals surface area contributed by atoms with Crippen molar-refractivity contribution in [1.82, 2.24) is 25.8 Å². The van der Waals surface area contributed by atoms with Gasteiger partial charge in [-0.25, -0.2) is 9.69 Å². The molecular formula is C59H71N9O15. The molecule has 9 rings (SSSR count). The van der Waals surface area contributed by atoms with Crippen molar-refractivity contribution in [2.45, 2.75) is 89.9 Å². The van der Waals surface area contributed by atoms with Gasteiger partial charge in [0, 0.05) is 43.5 Å². The van der Waals surface area contributed by atoms with Crippen molar-refractivity contribution in [3.63, 3.8) is 0 Å². The lowest BCUT2D eigenvalue weighted by atomic mass is 10.0. The highest BCUT2D eigenvalue weighted by Crippen LogP contribution is 2.57. The van der Waals surface area contributed by atoms with Crippen molar-refractivity contribution in [3.05, 3.63) is 95.2 Å².